The van der Waals surface area contributed by atoms with Crippen molar-refractivity contribution in [3.8, 4) is 0 Å². The summed E-state index contributed by atoms with van der Waals surface area (Å²) in [6.45, 7) is 4.06. The third-order valence-corrected chi connectivity index (χ3v) is 4.08. The van der Waals surface area contributed by atoms with Gasteiger partial charge in [0.05, 0.1) is 10.8 Å². The molecule has 0 aliphatic rings. The number of aromatic carboxylic acids is 1. The number of nitrogens with two attached hydrogens (primary N) is 1. The van der Waals surface area contributed by atoms with Gasteiger partial charge < -0.3 is 15.3 Å². The van der Waals surface area contributed by atoms with Gasteiger partial charge in [0, 0.05) is 6.07 Å². The molecule has 130 valence electrons. The zero-order chi connectivity index (χ0) is 18.3. The molecule has 2 aromatic heterocycles. The summed E-state index contributed by atoms with van der Waals surface area (Å²) < 4.78 is 19.7. The molecule has 0 saturated heterocycles. The predicted molar refractivity (Wildman–Crippen MR) is 92.3 cm³/mol. The standard InChI is InChI=1S/C18H17FN2O4/c1-8(2)3-4-9-5-10-14(7-13(9)19)25-17-11(15(10)22)6-12(18(23)24)16(20)21-17/h5-8H,3-4H2,1-2H3,(H2,20,21)(H,23,24). The zero-order valence-corrected chi connectivity index (χ0v) is 13.8. The lowest BCUT2D eigenvalue weighted by molar-refractivity contribution is 0.0698. The van der Waals surface area contributed by atoms with Gasteiger partial charge in [-0.15, -0.1) is 0 Å². The van der Waals surface area contributed by atoms with E-state index in [-0.39, 0.29) is 33.5 Å². The number of carbonyl (C=O) groups is 1. The van der Waals surface area contributed by atoms with Crippen LogP contribution in [-0.2, 0) is 6.42 Å². The Kier molecular flexibility index (Phi) is 4.16. The quantitative estimate of drug-likeness (QED) is 0.703. The first-order chi connectivity index (χ1) is 11.8. The van der Waals surface area contributed by atoms with Crippen LogP contribution in [0.5, 0.6) is 0 Å². The Morgan fingerprint density at radius 2 is 2.04 bits per heavy atom. The predicted octanol–water partition coefficient (Wildman–Crippen LogP) is 3.35. The lowest BCUT2D eigenvalue weighted by Crippen LogP contribution is -2.10. The minimum absolute atomic E-state index is 0.000479. The maximum Gasteiger partial charge on any atom is 0.339 e. The van der Waals surface area contributed by atoms with E-state index in [0.29, 0.717) is 17.9 Å². The number of aromatic nitrogens is 1. The Bertz CT molecular complexity index is 1060. The molecule has 0 unspecified atom stereocenters. The van der Waals surface area contributed by atoms with Crippen LogP contribution in [0.15, 0.2) is 27.4 Å². The summed E-state index contributed by atoms with van der Waals surface area (Å²) in [5, 5.41) is 9.32. The third kappa shape index (κ3) is 3.05. The van der Waals surface area contributed by atoms with Crippen molar-refractivity contribution in [1.82, 2.24) is 4.98 Å². The summed E-state index contributed by atoms with van der Waals surface area (Å²) in [5.41, 5.74) is 5.20. The first-order valence-corrected chi connectivity index (χ1v) is 7.86. The number of carboxylic acid groups (broad SMARTS) is 1. The Labute approximate surface area is 142 Å². The number of anilines is 1. The van der Waals surface area contributed by atoms with Crippen LogP contribution in [0.3, 0.4) is 0 Å². The number of aryl methyl sites for hydroxylation is 1. The zero-order valence-electron chi connectivity index (χ0n) is 13.8. The van der Waals surface area contributed by atoms with Gasteiger partial charge in [-0.25, -0.2) is 9.18 Å². The van der Waals surface area contributed by atoms with Crippen LogP contribution in [0, 0.1) is 11.7 Å². The van der Waals surface area contributed by atoms with Gasteiger partial charge in [0.2, 0.25) is 11.1 Å². The summed E-state index contributed by atoms with van der Waals surface area (Å²) in [7, 11) is 0. The van der Waals surface area contributed by atoms with Crippen molar-refractivity contribution in [2.24, 2.45) is 5.92 Å². The molecule has 3 rings (SSSR count). The Hall–Kier alpha value is -2.96. The molecular formula is C18H17FN2O4. The fourth-order valence-corrected chi connectivity index (χ4v) is 2.67. The maximum absolute atomic E-state index is 14.3. The van der Waals surface area contributed by atoms with E-state index in [1.165, 1.54) is 6.07 Å². The van der Waals surface area contributed by atoms with E-state index in [1.807, 2.05) is 13.8 Å². The van der Waals surface area contributed by atoms with Crippen LogP contribution in [0.2, 0.25) is 0 Å². The lowest BCUT2D eigenvalue weighted by atomic mass is 10.0. The Morgan fingerprint density at radius 1 is 1.32 bits per heavy atom. The van der Waals surface area contributed by atoms with Crippen LogP contribution in [0.25, 0.3) is 22.1 Å². The van der Waals surface area contributed by atoms with Gasteiger partial charge in [0.1, 0.15) is 22.8 Å². The highest BCUT2D eigenvalue weighted by atomic mass is 19.1. The number of pyridine rings is 1. The maximum atomic E-state index is 14.3. The summed E-state index contributed by atoms with van der Waals surface area (Å²) >= 11 is 0. The molecule has 1 aromatic carbocycles. The molecule has 2 heterocycles. The number of halogens is 1. The number of fused-ring (bicyclic) bond motifs is 2. The number of benzene rings is 1. The summed E-state index contributed by atoms with van der Waals surface area (Å²) in [5.74, 6) is -1.61. The molecule has 6 nitrogen and oxygen atoms in total. The van der Waals surface area contributed by atoms with E-state index < -0.39 is 17.2 Å². The molecule has 0 radical (unpaired) electrons. The van der Waals surface area contributed by atoms with E-state index >= 15 is 0 Å². The van der Waals surface area contributed by atoms with Gasteiger partial charge >= 0.3 is 5.97 Å². The third-order valence-electron chi connectivity index (χ3n) is 4.08. The molecule has 0 aliphatic carbocycles. The van der Waals surface area contributed by atoms with Crippen molar-refractivity contribution in [3.63, 3.8) is 0 Å². The Morgan fingerprint density at radius 3 is 2.68 bits per heavy atom. The van der Waals surface area contributed by atoms with Crippen molar-refractivity contribution >= 4 is 33.9 Å². The topological polar surface area (TPSA) is 106 Å². The van der Waals surface area contributed by atoms with Crippen LogP contribution in [0.4, 0.5) is 10.2 Å². The average Bonchev–Trinajstić information content (AvgIpc) is 2.52. The molecule has 0 atom stereocenters. The Balaban J connectivity index is 2.27. The summed E-state index contributed by atoms with van der Waals surface area (Å²) in [4.78, 5) is 27.7. The van der Waals surface area contributed by atoms with E-state index in [0.717, 1.165) is 18.6 Å². The molecule has 0 saturated carbocycles. The number of nitrogens with zero attached hydrogens (tertiary/aromatic N) is 1. The van der Waals surface area contributed by atoms with Gasteiger partial charge in [-0.3, -0.25) is 4.79 Å². The molecule has 3 N–H and O–H groups in total. The van der Waals surface area contributed by atoms with Crippen molar-refractivity contribution in [2.45, 2.75) is 26.7 Å². The number of nitrogen functional groups attached to an aromatic ring is 1. The van der Waals surface area contributed by atoms with E-state index in [9.17, 15) is 14.0 Å². The van der Waals surface area contributed by atoms with Gasteiger partial charge in [0.15, 0.2) is 0 Å². The SMILES string of the molecule is CC(C)CCc1cc2c(=O)c3cc(C(=O)O)c(N)nc3oc2cc1F. The van der Waals surface area contributed by atoms with E-state index in [4.69, 9.17) is 15.3 Å². The molecule has 7 heteroatoms. The minimum Gasteiger partial charge on any atom is -0.478 e. The minimum atomic E-state index is -1.29. The van der Waals surface area contributed by atoms with E-state index in [1.54, 1.807) is 0 Å². The number of carboxylic acids is 1. The lowest BCUT2D eigenvalue weighted by Gasteiger charge is -2.08. The van der Waals surface area contributed by atoms with Gasteiger partial charge in [-0.1, -0.05) is 13.8 Å². The van der Waals surface area contributed by atoms with Crippen LogP contribution in [0.1, 0.15) is 36.2 Å². The number of hydrogen-bond acceptors (Lipinski definition) is 5. The summed E-state index contributed by atoms with van der Waals surface area (Å²) in [6, 6.07) is 3.77. The molecule has 3 aromatic rings. The molecule has 0 bridgehead atoms. The highest BCUT2D eigenvalue weighted by molar-refractivity contribution is 5.98. The highest BCUT2D eigenvalue weighted by Crippen LogP contribution is 2.24. The molecular weight excluding hydrogens is 327 g/mol. The molecule has 0 spiro atoms. The van der Waals surface area contributed by atoms with Crippen molar-refractivity contribution in [1.29, 1.82) is 0 Å². The number of rotatable bonds is 4. The second-order valence-electron chi connectivity index (χ2n) is 6.38. The fraction of sp³-hybridized carbons (Fsp3) is 0.278. The van der Waals surface area contributed by atoms with Gasteiger partial charge in [-0.2, -0.15) is 4.98 Å². The largest absolute Gasteiger partial charge is 0.478 e. The molecule has 0 aliphatic heterocycles. The molecule has 25 heavy (non-hydrogen) atoms. The van der Waals surface area contributed by atoms with Crippen molar-refractivity contribution < 1.29 is 18.7 Å². The molecule has 0 fully saturated rings. The summed E-state index contributed by atoms with van der Waals surface area (Å²) in [6.07, 6.45) is 1.28. The van der Waals surface area contributed by atoms with Crippen molar-refractivity contribution in [3.05, 3.63) is 45.4 Å². The van der Waals surface area contributed by atoms with Crippen LogP contribution >= 0.6 is 0 Å². The van der Waals surface area contributed by atoms with Gasteiger partial charge in [-0.05, 0) is 36.5 Å². The second kappa shape index (κ2) is 6.16. The number of hydrogen-bond donors (Lipinski definition) is 2. The normalized spacial score (nSPS) is 11.5. The first-order valence-electron chi connectivity index (χ1n) is 7.86. The monoisotopic (exact) mass is 344 g/mol. The average molecular weight is 344 g/mol. The first kappa shape index (κ1) is 16.9. The van der Waals surface area contributed by atoms with Crippen LogP contribution < -0.4 is 11.2 Å². The van der Waals surface area contributed by atoms with Crippen molar-refractivity contribution in [2.75, 3.05) is 5.73 Å². The van der Waals surface area contributed by atoms with Crippen LogP contribution in [-0.4, -0.2) is 16.1 Å². The van der Waals surface area contributed by atoms with E-state index in [2.05, 4.69) is 4.98 Å². The highest BCUT2D eigenvalue weighted by Gasteiger charge is 2.17. The smallest absolute Gasteiger partial charge is 0.339 e. The second-order valence-corrected chi connectivity index (χ2v) is 6.38. The molecule has 0 amide bonds. The van der Waals surface area contributed by atoms with Gasteiger partial charge in [0.25, 0.3) is 0 Å². The fourth-order valence-electron chi connectivity index (χ4n) is 2.67.